The van der Waals surface area contributed by atoms with Gasteiger partial charge in [-0.25, -0.2) is 0 Å². The van der Waals surface area contributed by atoms with Gasteiger partial charge in [0.15, 0.2) is 0 Å². The molecule has 0 saturated carbocycles. The second-order valence-electron chi connectivity index (χ2n) is 5.86. The normalized spacial score (nSPS) is 11.3. The molecule has 0 radical (unpaired) electrons. The van der Waals surface area contributed by atoms with Crippen molar-refractivity contribution in [2.75, 3.05) is 19.8 Å². The van der Waals surface area contributed by atoms with Crippen LogP contribution in [0.3, 0.4) is 0 Å². The van der Waals surface area contributed by atoms with Crippen molar-refractivity contribution in [1.29, 1.82) is 0 Å². The molecule has 2 heteroatoms. The zero-order valence-corrected chi connectivity index (χ0v) is 13.2. The van der Waals surface area contributed by atoms with Crippen LogP contribution in [0, 0.1) is 26.7 Å². The van der Waals surface area contributed by atoms with E-state index in [9.17, 15) is 0 Å². The molecule has 1 rings (SSSR count). The van der Waals surface area contributed by atoms with Crippen LogP contribution in [0.15, 0.2) is 12.1 Å². The third-order valence-electron chi connectivity index (χ3n) is 3.36. The maximum atomic E-state index is 5.57. The monoisotopic (exact) mass is 263 g/mol. The van der Waals surface area contributed by atoms with E-state index in [1.165, 1.54) is 22.3 Å². The van der Waals surface area contributed by atoms with Gasteiger partial charge in [0.25, 0.3) is 0 Å². The van der Waals surface area contributed by atoms with Gasteiger partial charge in [-0.05, 0) is 61.9 Å². The molecule has 1 N–H and O–H groups in total. The number of hydrogen-bond acceptors (Lipinski definition) is 2. The second kappa shape index (κ2) is 8.34. The Labute approximate surface area is 118 Å². The Bertz CT molecular complexity index is 385. The topological polar surface area (TPSA) is 21.3 Å². The zero-order valence-electron chi connectivity index (χ0n) is 13.2. The first kappa shape index (κ1) is 16.2. The summed E-state index contributed by atoms with van der Waals surface area (Å²) in [6, 6.07) is 4.57. The second-order valence-corrected chi connectivity index (χ2v) is 5.86. The Kier molecular flexibility index (Phi) is 7.11. The van der Waals surface area contributed by atoms with Crippen LogP contribution in [0.2, 0.25) is 0 Å². The molecule has 0 amide bonds. The van der Waals surface area contributed by atoms with Crippen molar-refractivity contribution in [3.05, 3.63) is 34.4 Å². The van der Waals surface area contributed by atoms with Crippen LogP contribution in [0.1, 0.15) is 42.5 Å². The van der Waals surface area contributed by atoms with Crippen molar-refractivity contribution in [1.82, 2.24) is 5.32 Å². The number of rotatable bonds is 8. The molecule has 0 aromatic heterocycles. The fraction of sp³-hybridized carbons (Fsp3) is 0.647. The lowest BCUT2D eigenvalue weighted by Gasteiger charge is -2.11. The van der Waals surface area contributed by atoms with Crippen LogP contribution in [-0.2, 0) is 11.3 Å². The quantitative estimate of drug-likeness (QED) is 0.721. The number of benzene rings is 1. The van der Waals surface area contributed by atoms with E-state index in [1.54, 1.807) is 0 Å². The lowest BCUT2D eigenvalue weighted by molar-refractivity contribution is 0.108. The van der Waals surface area contributed by atoms with Gasteiger partial charge in [-0.1, -0.05) is 26.0 Å². The van der Waals surface area contributed by atoms with Crippen molar-refractivity contribution in [2.45, 2.75) is 47.6 Å². The minimum Gasteiger partial charge on any atom is -0.381 e. The molecule has 1 aromatic carbocycles. The molecule has 0 atom stereocenters. The van der Waals surface area contributed by atoms with Crippen molar-refractivity contribution < 1.29 is 4.74 Å². The van der Waals surface area contributed by atoms with Gasteiger partial charge < -0.3 is 10.1 Å². The average molecular weight is 263 g/mol. The van der Waals surface area contributed by atoms with E-state index in [0.29, 0.717) is 5.92 Å². The zero-order chi connectivity index (χ0) is 14.3. The lowest BCUT2D eigenvalue weighted by Crippen LogP contribution is -2.17. The van der Waals surface area contributed by atoms with Crippen molar-refractivity contribution in [2.24, 2.45) is 5.92 Å². The standard InChI is InChI=1S/C17H29NO/c1-13(2)12-19-8-6-7-18-11-17-10-15(4)14(3)9-16(17)5/h9-10,13,18H,6-8,11-12H2,1-5H3. The molecule has 0 aliphatic heterocycles. The van der Waals surface area contributed by atoms with E-state index in [4.69, 9.17) is 4.74 Å². The first-order valence-corrected chi connectivity index (χ1v) is 7.36. The van der Waals surface area contributed by atoms with Crippen LogP contribution in [-0.4, -0.2) is 19.8 Å². The third-order valence-corrected chi connectivity index (χ3v) is 3.36. The summed E-state index contributed by atoms with van der Waals surface area (Å²) in [5.41, 5.74) is 5.55. The van der Waals surface area contributed by atoms with Crippen LogP contribution in [0.5, 0.6) is 0 Å². The molecule has 19 heavy (non-hydrogen) atoms. The highest BCUT2D eigenvalue weighted by molar-refractivity contribution is 5.36. The van der Waals surface area contributed by atoms with Crippen molar-refractivity contribution >= 4 is 0 Å². The van der Waals surface area contributed by atoms with Crippen molar-refractivity contribution in [3.63, 3.8) is 0 Å². The molecule has 0 bridgehead atoms. The summed E-state index contributed by atoms with van der Waals surface area (Å²) in [7, 11) is 0. The van der Waals surface area contributed by atoms with E-state index in [0.717, 1.165) is 32.7 Å². The highest BCUT2D eigenvalue weighted by Gasteiger charge is 2.01. The van der Waals surface area contributed by atoms with Gasteiger partial charge in [-0.15, -0.1) is 0 Å². The van der Waals surface area contributed by atoms with E-state index in [2.05, 4.69) is 52.1 Å². The first-order valence-electron chi connectivity index (χ1n) is 7.36. The summed E-state index contributed by atoms with van der Waals surface area (Å²) in [6.07, 6.45) is 1.08. The van der Waals surface area contributed by atoms with E-state index in [-0.39, 0.29) is 0 Å². The van der Waals surface area contributed by atoms with E-state index >= 15 is 0 Å². The highest BCUT2D eigenvalue weighted by Crippen LogP contribution is 2.14. The van der Waals surface area contributed by atoms with Crippen molar-refractivity contribution in [3.8, 4) is 0 Å². The molecular formula is C17H29NO. The van der Waals surface area contributed by atoms with Crippen LogP contribution in [0.4, 0.5) is 0 Å². The smallest absolute Gasteiger partial charge is 0.0489 e. The summed E-state index contributed by atoms with van der Waals surface area (Å²) < 4.78 is 5.57. The maximum absolute atomic E-state index is 5.57. The van der Waals surface area contributed by atoms with Crippen LogP contribution in [0.25, 0.3) is 0 Å². The first-order chi connectivity index (χ1) is 9.00. The molecular weight excluding hydrogens is 234 g/mol. The number of aryl methyl sites for hydroxylation is 3. The number of nitrogens with one attached hydrogen (secondary N) is 1. The molecule has 0 saturated heterocycles. The molecule has 0 aliphatic carbocycles. The fourth-order valence-electron chi connectivity index (χ4n) is 2.05. The Morgan fingerprint density at radius 2 is 1.74 bits per heavy atom. The Morgan fingerprint density at radius 1 is 1.05 bits per heavy atom. The van der Waals surface area contributed by atoms with Gasteiger partial charge in [0, 0.05) is 19.8 Å². The van der Waals surface area contributed by atoms with E-state index in [1.807, 2.05) is 0 Å². The van der Waals surface area contributed by atoms with Gasteiger partial charge in [-0.2, -0.15) is 0 Å². The molecule has 108 valence electrons. The molecule has 0 heterocycles. The maximum Gasteiger partial charge on any atom is 0.0489 e. The summed E-state index contributed by atoms with van der Waals surface area (Å²) in [5.74, 6) is 0.631. The van der Waals surface area contributed by atoms with E-state index < -0.39 is 0 Å². The highest BCUT2D eigenvalue weighted by atomic mass is 16.5. The molecule has 0 spiro atoms. The largest absolute Gasteiger partial charge is 0.381 e. The summed E-state index contributed by atoms with van der Waals surface area (Å²) in [4.78, 5) is 0. The minimum atomic E-state index is 0.631. The molecule has 0 fully saturated rings. The van der Waals surface area contributed by atoms with Gasteiger partial charge in [0.05, 0.1) is 0 Å². The molecule has 0 unspecified atom stereocenters. The SMILES string of the molecule is Cc1cc(C)c(CNCCCOCC(C)C)cc1C. The van der Waals surface area contributed by atoms with Gasteiger partial charge in [0.1, 0.15) is 0 Å². The van der Waals surface area contributed by atoms with Gasteiger partial charge in [-0.3, -0.25) is 0 Å². The predicted octanol–water partition coefficient (Wildman–Crippen LogP) is 3.76. The fourth-order valence-corrected chi connectivity index (χ4v) is 2.05. The summed E-state index contributed by atoms with van der Waals surface area (Å²) in [5, 5.41) is 3.50. The molecule has 1 aromatic rings. The Hall–Kier alpha value is -0.860. The summed E-state index contributed by atoms with van der Waals surface area (Å²) >= 11 is 0. The van der Waals surface area contributed by atoms with Crippen LogP contribution < -0.4 is 5.32 Å². The average Bonchev–Trinajstić information content (AvgIpc) is 2.33. The van der Waals surface area contributed by atoms with Crippen LogP contribution >= 0.6 is 0 Å². The number of ether oxygens (including phenoxy) is 1. The number of hydrogen-bond donors (Lipinski definition) is 1. The Morgan fingerprint density at radius 3 is 2.42 bits per heavy atom. The van der Waals surface area contributed by atoms with Gasteiger partial charge >= 0.3 is 0 Å². The third kappa shape index (κ3) is 6.22. The Balaban J connectivity index is 2.21. The lowest BCUT2D eigenvalue weighted by atomic mass is 10.0. The predicted molar refractivity (Wildman–Crippen MR) is 82.6 cm³/mol. The molecule has 2 nitrogen and oxygen atoms in total. The molecule has 0 aliphatic rings. The van der Waals surface area contributed by atoms with Gasteiger partial charge in [0.2, 0.25) is 0 Å². The summed E-state index contributed by atoms with van der Waals surface area (Å²) in [6.45, 7) is 14.6. The minimum absolute atomic E-state index is 0.631.